The van der Waals surface area contributed by atoms with E-state index in [1.165, 1.54) is 4.31 Å². The normalized spacial score (nSPS) is 13.7. The molecule has 0 aliphatic carbocycles. The van der Waals surface area contributed by atoms with Crippen molar-refractivity contribution >= 4 is 21.8 Å². The molecule has 1 aromatic rings. The summed E-state index contributed by atoms with van der Waals surface area (Å²) in [5.41, 5.74) is 7.19. The smallest absolute Gasteiger partial charge is 0.243 e. The van der Waals surface area contributed by atoms with Crippen molar-refractivity contribution in [3.63, 3.8) is 0 Å². The van der Waals surface area contributed by atoms with E-state index in [1.807, 2.05) is 32.2 Å². The minimum atomic E-state index is -3.46. The third-order valence-electron chi connectivity index (χ3n) is 3.51. The Morgan fingerprint density at radius 1 is 1.40 bits per heavy atom. The molecule has 1 rings (SSSR count). The first-order chi connectivity index (χ1) is 9.34. The van der Waals surface area contributed by atoms with E-state index in [0.717, 1.165) is 23.3 Å². The Bertz CT molecular complexity index is 544. The fourth-order valence-electron chi connectivity index (χ4n) is 1.91. The van der Waals surface area contributed by atoms with Crippen LogP contribution in [0.1, 0.15) is 24.5 Å². The Hall–Kier alpha value is -0.560. The minimum Gasteiger partial charge on any atom is -0.326 e. The highest BCUT2D eigenvalue weighted by Gasteiger charge is 2.26. The van der Waals surface area contributed by atoms with Gasteiger partial charge in [-0.25, -0.2) is 8.42 Å². The number of rotatable bonds is 7. The second-order valence-electron chi connectivity index (χ2n) is 4.96. The Labute approximate surface area is 126 Å². The zero-order chi connectivity index (χ0) is 15.3. The molecule has 0 amide bonds. The molecule has 0 heterocycles. The van der Waals surface area contributed by atoms with Gasteiger partial charge in [0.25, 0.3) is 0 Å². The van der Waals surface area contributed by atoms with Crippen LogP contribution in [-0.4, -0.2) is 37.8 Å². The van der Waals surface area contributed by atoms with Crippen molar-refractivity contribution < 1.29 is 8.42 Å². The lowest BCUT2D eigenvalue weighted by molar-refractivity contribution is 0.382. The monoisotopic (exact) mass is 316 g/mol. The van der Waals surface area contributed by atoms with Crippen molar-refractivity contribution in [3.8, 4) is 0 Å². The molecule has 0 aromatic heterocycles. The Morgan fingerprint density at radius 2 is 2.05 bits per heavy atom. The zero-order valence-corrected chi connectivity index (χ0v) is 14.2. The van der Waals surface area contributed by atoms with Gasteiger partial charge in [0.05, 0.1) is 4.90 Å². The molecule has 2 N–H and O–H groups in total. The van der Waals surface area contributed by atoms with Gasteiger partial charge in [-0.1, -0.05) is 12.1 Å². The summed E-state index contributed by atoms with van der Waals surface area (Å²) in [6.07, 6.45) is 2.86. The van der Waals surface area contributed by atoms with Gasteiger partial charge in [0.2, 0.25) is 10.0 Å². The number of hydrogen-bond acceptors (Lipinski definition) is 4. The van der Waals surface area contributed by atoms with E-state index in [4.69, 9.17) is 5.73 Å². The Balaban J connectivity index is 3.09. The molecule has 0 saturated carbocycles. The fraction of sp³-hybridized carbons (Fsp3) is 0.571. The molecule has 0 saturated heterocycles. The van der Waals surface area contributed by atoms with Gasteiger partial charge >= 0.3 is 0 Å². The molecule has 1 atom stereocenters. The number of nitrogens with two attached hydrogens (primary N) is 1. The summed E-state index contributed by atoms with van der Waals surface area (Å²) in [5, 5.41) is 0. The summed E-state index contributed by atoms with van der Waals surface area (Å²) >= 11 is 1.73. The molecule has 1 aromatic carbocycles. The van der Waals surface area contributed by atoms with Crippen LogP contribution < -0.4 is 5.73 Å². The van der Waals surface area contributed by atoms with E-state index in [2.05, 4.69) is 0 Å². The van der Waals surface area contributed by atoms with Crippen LogP contribution in [-0.2, 0) is 16.6 Å². The van der Waals surface area contributed by atoms with E-state index in [0.29, 0.717) is 11.4 Å². The molecule has 4 nitrogen and oxygen atoms in total. The van der Waals surface area contributed by atoms with Crippen molar-refractivity contribution in [2.24, 2.45) is 5.73 Å². The van der Waals surface area contributed by atoms with Crippen LogP contribution in [0.15, 0.2) is 23.1 Å². The summed E-state index contributed by atoms with van der Waals surface area (Å²) in [6.45, 7) is 4.10. The van der Waals surface area contributed by atoms with Crippen molar-refractivity contribution in [1.29, 1.82) is 0 Å². The van der Waals surface area contributed by atoms with Crippen LogP contribution in [0.3, 0.4) is 0 Å². The first-order valence-electron chi connectivity index (χ1n) is 6.61. The lowest BCUT2D eigenvalue weighted by Gasteiger charge is -2.25. The Morgan fingerprint density at radius 3 is 2.60 bits per heavy atom. The largest absolute Gasteiger partial charge is 0.326 e. The van der Waals surface area contributed by atoms with Gasteiger partial charge in [-0.15, -0.1) is 0 Å². The third kappa shape index (κ3) is 3.97. The van der Waals surface area contributed by atoms with Crippen LogP contribution in [0.5, 0.6) is 0 Å². The third-order valence-corrected chi connectivity index (χ3v) is 6.26. The topological polar surface area (TPSA) is 63.4 Å². The maximum Gasteiger partial charge on any atom is 0.243 e. The summed E-state index contributed by atoms with van der Waals surface area (Å²) in [5.74, 6) is 0.947. The molecule has 0 spiro atoms. The van der Waals surface area contributed by atoms with E-state index in [9.17, 15) is 8.42 Å². The van der Waals surface area contributed by atoms with E-state index in [1.54, 1.807) is 24.9 Å². The van der Waals surface area contributed by atoms with Gasteiger partial charge in [-0.3, -0.25) is 0 Å². The van der Waals surface area contributed by atoms with E-state index in [-0.39, 0.29) is 6.04 Å². The minimum absolute atomic E-state index is 0.0200. The van der Waals surface area contributed by atoms with Crippen LogP contribution in [0.25, 0.3) is 0 Å². The van der Waals surface area contributed by atoms with Gasteiger partial charge in [-0.2, -0.15) is 16.1 Å². The van der Waals surface area contributed by atoms with Crippen molar-refractivity contribution in [1.82, 2.24) is 4.31 Å². The zero-order valence-electron chi connectivity index (χ0n) is 12.6. The molecule has 20 heavy (non-hydrogen) atoms. The number of benzene rings is 1. The lowest BCUT2D eigenvalue weighted by Crippen LogP contribution is -2.35. The van der Waals surface area contributed by atoms with E-state index < -0.39 is 10.0 Å². The first kappa shape index (κ1) is 17.5. The van der Waals surface area contributed by atoms with Crippen LogP contribution in [0.2, 0.25) is 0 Å². The molecule has 114 valence electrons. The molecule has 0 bridgehead atoms. The van der Waals surface area contributed by atoms with Crippen LogP contribution >= 0.6 is 11.8 Å². The summed E-state index contributed by atoms with van der Waals surface area (Å²) < 4.78 is 26.9. The number of sulfonamides is 1. The maximum absolute atomic E-state index is 12.7. The van der Waals surface area contributed by atoms with Gasteiger partial charge in [0.15, 0.2) is 0 Å². The molecule has 0 aliphatic rings. The molecule has 0 radical (unpaired) electrons. The van der Waals surface area contributed by atoms with Crippen LogP contribution in [0.4, 0.5) is 0 Å². The summed E-state index contributed by atoms with van der Waals surface area (Å²) in [4.78, 5) is 0.360. The molecule has 0 fully saturated rings. The summed E-state index contributed by atoms with van der Waals surface area (Å²) in [7, 11) is -1.82. The quantitative estimate of drug-likeness (QED) is 0.838. The fourth-order valence-corrected chi connectivity index (χ4v) is 4.15. The van der Waals surface area contributed by atoms with Crippen molar-refractivity contribution in [3.05, 3.63) is 29.3 Å². The SMILES string of the molecule is CSCCC(C)N(C)S(=O)(=O)c1cc(CN)ccc1C. The number of hydrogen-bond donors (Lipinski definition) is 1. The predicted octanol–water partition coefficient (Wildman–Crippen LogP) is 2.22. The van der Waals surface area contributed by atoms with Gasteiger partial charge < -0.3 is 5.73 Å². The second kappa shape index (κ2) is 7.45. The maximum atomic E-state index is 12.7. The van der Waals surface area contributed by atoms with Crippen LogP contribution in [0, 0.1) is 6.92 Å². The number of thioether (sulfide) groups is 1. The van der Waals surface area contributed by atoms with Crippen molar-refractivity contribution in [2.45, 2.75) is 37.8 Å². The highest BCUT2D eigenvalue weighted by atomic mass is 32.2. The molecule has 6 heteroatoms. The Kier molecular flexibility index (Phi) is 6.51. The van der Waals surface area contributed by atoms with Gasteiger partial charge in [-0.05, 0) is 49.5 Å². The standard InChI is InChI=1S/C14H24N2O2S2/c1-11-5-6-13(10-15)9-14(11)20(17,18)16(3)12(2)7-8-19-4/h5-6,9,12H,7-8,10,15H2,1-4H3. The first-order valence-corrected chi connectivity index (χ1v) is 9.44. The molecular formula is C14H24N2O2S2. The predicted molar refractivity (Wildman–Crippen MR) is 86.5 cm³/mol. The van der Waals surface area contributed by atoms with Crippen molar-refractivity contribution in [2.75, 3.05) is 19.1 Å². The molecule has 1 unspecified atom stereocenters. The number of nitrogens with zero attached hydrogens (tertiary/aromatic N) is 1. The summed E-state index contributed by atoms with van der Waals surface area (Å²) in [6, 6.07) is 5.34. The van der Waals surface area contributed by atoms with Gasteiger partial charge in [0, 0.05) is 19.6 Å². The average molecular weight is 316 g/mol. The highest BCUT2D eigenvalue weighted by molar-refractivity contribution is 7.98. The van der Waals surface area contributed by atoms with Gasteiger partial charge in [0.1, 0.15) is 0 Å². The molecule has 0 aliphatic heterocycles. The highest BCUT2D eigenvalue weighted by Crippen LogP contribution is 2.23. The van der Waals surface area contributed by atoms with E-state index >= 15 is 0 Å². The average Bonchev–Trinajstić information content (AvgIpc) is 2.44. The lowest BCUT2D eigenvalue weighted by atomic mass is 10.1. The number of aryl methyl sites for hydroxylation is 1. The molecular weight excluding hydrogens is 292 g/mol. The second-order valence-corrected chi connectivity index (χ2v) is 7.91.